The second-order valence-electron chi connectivity index (χ2n) is 3.98. The van der Waals surface area contributed by atoms with Gasteiger partial charge in [0.25, 0.3) is 5.91 Å². The molecule has 1 N–H and O–H groups in total. The third-order valence-electron chi connectivity index (χ3n) is 2.78. The zero-order chi connectivity index (χ0) is 12.5. The van der Waals surface area contributed by atoms with Crippen LogP contribution in [-0.2, 0) is 4.79 Å². The van der Waals surface area contributed by atoms with E-state index in [-0.39, 0.29) is 5.91 Å². The number of benzene rings is 1. The summed E-state index contributed by atoms with van der Waals surface area (Å²) in [6.45, 7) is 0. The van der Waals surface area contributed by atoms with Gasteiger partial charge in [-0.15, -0.1) is 0 Å². The molecule has 2 heterocycles. The first kappa shape index (κ1) is 11.0. The number of hydrogen-bond donors (Lipinski definition) is 1. The van der Waals surface area contributed by atoms with Gasteiger partial charge in [0.1, 0.15) is 0 Å². The van der Waals surface area contributed by atoms with E-state index in [1.54, 1.807) is 24.5 Å². The fraction of sp³-hybridized carbons (Fsp3) is 0. The van der Waals surface area contributed by atoms with E-state index in [2.05, 4.69) is 10.3 Å². The van der Waals surface area contributed by atoms with Crippen LogP contribution in [0.25, 0.3) is 11.6 Å². The van der Waals surface area contributed by atoms with Crippen LogP contribution in [0.2, 0.25) is 5.02 Å². The molecule has 0 radical (unpaired) electrons. The third kappa shape index (κ3) is 1.89. The molecule has 0 saturated carbocycles. The number of rotatable bonds is 1. The number of nitrogens with zero attached hydrogens (tertiary/aromatic N) is 1. The zero-order valence-corrected chi connectivity index (χ0v) is 10.1. The number of carbonyl (C=O) groups is 1. The lowest BCUT2D eigenvalue weighted by atomic mass is 10.0. The highest BCUT2D eigenvalue weighted by Gasteiger charge is 2.23. The maximum absolute atomic E-state index is 11.9. The maximum atomic E-state index is 11.9. The summed E-state index contributed by atoms with van der Waals surface area (Å²) < 4.78 is 0. The van der Waals surface area contributed by atoms with E-state index in [4.69, 9.17) is 11.6 Å². The number of fused-ring (bicyclic) bond motifs is 1. The number of amides is 1. The van der Waals surface area contributed by atoms with Gasteiger partial charge in [0.15, 0.2) is 0 Å². The Morgan fingerprint density at radius 2 is 1.94 bits per heavy atom. The molecule has 0 saturated heterocycles. The average Bonchev–Trinajstić information content (AvgIpc) is 2.67. The van der Waals surface area contributed by atoms with E-state index in [1.807, 2.05) is 24.3 Å². The Morgan fingerprint density at radius 1 is 1.17 bits per heavy atom. The van der Waals surface area contributed by atoms with Crippen molar-refractivity contribution in [2.75, 3.05) is 5.32 Å². The van der Waals surface area contributed by atoms with E-state index in [0.717, 1.165) is 16.8 Å². The smallest absolute Gasteiger partial charge is 0.256 e. The van der Waals surface area contributed by atoms with Gasteiger partial charge in [0.05, 0.1) is 0 Å². The molecule has 0 bridgehead atoms. The summed E-state index contributed by atoms with van der Waals surface area (Å²) in [5.74, 6) is -0.107. The molecule has 0 atom stereocenters. The predicted molar refractivity (Wildman–Crippen MR) is 72.2 cm³/mol. The Labute approximate surface area is 109 Å². The van der Waals surface area contributed by atoms with Crippen molar-refractivity contribution in [1.29, 1.82) is 0 Å². The topological polar surface area (TPSA) is 42.0 Å². The number of nitrogens with one attached hydrogen (secondary N) is 1. The van der Waals surface area contributed by atoms with Crippen molar-refractivity contribution in [3.8, 4) is 0 Å². The first-order valence-electron chi connectivity index (χ1n) is 5.47. The van der Waals surface area contributed by atoms with Crippen molar-refractivity contribution in [2.24, 2.45) is 0 Å². The van der Waals surface area contributed by atoms with Crippen molar-refractivity contribution >= 4 is 34.8 Å². The molecule has 0 aliphatic carbocycles. The highest BCUT2D eigenvalue weighted by Crippen LogP contribution is 2.34. The number of anilines is 1. The summed E-state index contributed by atoms with van der Waals surface area (Å²) in [7, 11) is 0. The fourth-order valence-corrected chi connectivity index (χ4v) is 2.10. The van der Waals surface area contributed by atoms with Crippen molar-refractivity contribution in [3.05, 3.63) is 58.9 Å². The molecular formula is C14H9ClN2O. The van der Waals surface area contributed by atoms with Crippen LogP contribution in [0.3, 0.4) is 0 Å². The van der Waals surface area contributed by atoms with Crippen LogP contribution < -0.4 is 5.32 Å². The second-order valence-corrected chi connectivity index (χ2v) is 4.42. The molecule has 1 aliphatic heterocycles. The molecule has 4 heteroatoms. The van der Waals surface area contributed by atoms with Crippen LogP contribution in [0.5, 0.6) is 0 Å². The molecule has 0 unspecified atom stereocenters. The Kier molecular flexibility index (Phi) is 2.61. The summed E-state index contributed by atoms with van der Waals surface area (Å²) in [6, 6.07) is 9.06. The lowest BCUT2D eigenvalue weighted by Gasteiger charge is -1.99. The highest BCUT2D eigenvalue weighted by molar-refractivity contribution is 6.36. The fourth-order valence-electron chi connectivity index (χ4n) is 1.93. The normalized spacial score (nSPS) is 15.6. The van der Waals surface area contributed by atoms with Gasteiger partial charge in [0, 0.05) is 34.2 Å². The Morgan fingerprint density at radius 3 is 2.72 bits per heavy atom. The van der Waals surface area contributed by atoms with Crippen molar-refractivity contribution in [3.63, 3.8) is 0 Å². The van der Waals surface area contributed by atoms with Crippen LogP contribution >= 0.6 is 11.6 Å². The summed E-state index contributed by atoms with van der Waals surface area (Å²) in [4.78, 5) is 15.9. The van der Waals surface area contributed by atoms with E-state index < -0.39 is 0 Å². The minimum atomic E-state index is -0.107. The van der Waals surface area contributed by atoms with E-state index in [1.165, 1.54) is 0 Å². The van der Waals surface area contributed by atoms with Gasteiger partial charge in [0.2, 0.25) is 0 Å². The highest BCUT2D eigenvalue weighted by atomic mass is 35.5. The van der Waals surface area contributed by atoms with Crippen molar-refractivity contribution in [1.82, 2.24) is 4.98 Å². The molecule has 1 aromatic carbocycles. The van der Waals surface area contributed by atoms with Crippen molar-refractivity contribution < 1.29 is 4.79 Å². The van der Waals surface area contributed by atoms with Gasteiger partial charge in [-0.3, -0.25) is 9.78 Å². The van der Waals surface area contributed by atoms with Gasteiger partial charge < -0.3 is 5.32 Å². The predicted octanol–water partition coefficient (Wildman–Crippen LogP) is 3.23. The molecule has 3 nitrogen and oxygen atoms in total. The number of halogens is 1. The van der Waals surface area contributed by atoms with Crippen LogP contribution in [0.15, 0.2) is 42.7 Å². The van der Waals surface area contributed by atoms with Gasteiger partial charge in [-0.1, -0.05) is 11.6 Å². The molecule has 1 aromatic heterocycles. The van der Waals surface area contributed by atoms with Crippen LogP contribution in [-0.4, -0.2) is 10.9 Å². The molecule has 0 fully saturated rings. The first-order valence-corrected chi connectivity index (χ1v) is 5.85. The van der Waals surface area contributed by atoms with Crippen molar-refractivity contribution in [2.45, 2.75) is 0 Å². The standard InChI is InChI=1S/C14H9ClN2O/c15-10-1-2-13-11(8-10)12(14(18)17-13)7-9-3-5-16-6-4-9/h1-8H,(H,17,18)/b12-7-. The monoisotopic (exact) mass is 256 g/mol. The number of aromatic nitrogens is 1. The molecule has 0 spiro atoms. The molecule has 3 rings (SSSR count). The van der Waals surface area contributed by atoms with Gasteiger partial charge >= 0.3 is 0 Å². The minimum absolute atomic E-state index is 0.107. The summed E-state index contributed by atoms with van der Waals surface area (Å²) in [5.41, 5.74) is 3.19. The molecule has 88 valence electrons. The minimum Gasteiger partial charge on any atom is -0.321 e. The number of pyridine rings is 1. The van der Waals surface area contributed by atoms with Crippen LogP contribution in [0, 0.1) is 0 Å². The second kappa shape index (κ2) is 4.27. The first-order chi connectivity index (χ1) is 8.74. The van der Waals surface area contributed by atoms with Gasteiger partial charge in [-0.05, 0) is 42.0 Å². The van der Waals surface area contributed by atoms with Gasteiger partial charge in [-0.25, -0.2) is 0 Å². The Balaban J connectivity index is 2.12. The summed E-state index contributed by atoms with van der Waals surface area (Å²) >= 11 is 5.96. The maximum Gasteiger partial charge on any atom is 0.256 e. The number of hydrogen-bond acceptors (Lipinski definition) is 2. The van der Waals surface area contributed by atoms with E-state index >= 15 is 0 Å². The molecule has 1 aliphatic rings. The largest absolute Gasteiger partial charge is 0.321 e. The molecule has 18 heavy (non-hydrogen) atoms. The lowest BCUT2D eigenvalue weighted by Crippen LogP contribution is -2.03. The lowest BCUT2D eigenvalue weighted by molar-refractivity contribution is -0.110. The zero-order valence-electron chi connectivity index (χ0n) is 9.35. The Hall–Kier alpha value is -2.13. The summed E-state index contributed by atoms with van der Waals surface area (Å²) in [6.07, 6.45) is 5.22. The molecular weight excluding hydrogens is 248 g/mol. The van der Waals surface area contributed by atoms with Crippen LogP contribution in [0.4, 0.5) is 5.69 Å². The Bertz CT molecular complexity index is 650. The van der Waals surface area contributed by atoms with Gasteiger partial charge in [-0.2, -0.15) is 0 Å². The van der Waals surface area contributed by atoms with E-state index in [0.29, 0.717) is 10.6 Å². The third-order valence-corrected chi connectivity index (χ3v) is 3.02. The van der Waals surface area contributed by atoms with E-state index in [9.17, 15) is 4.79 Å². The average molecular weight is 257 g/mol. The number of carbonyl (C=O) groups excluding carboxylic acids is 1. The van der Waals surface area contributed by atoms with Crippen LogP contribution in [0.1, 0.15) is 11.1 Å². The SMILES string of the molecule is O=C1Nc2ccc(Cl)cc2/C1=C/c1ccncc1. The summed E-state index contributed by atoms with van der Waals surface area (Å²) in [5, 5.41) is 3.43. The molecule has 2 aromatic rings. The quantitative estimate of drug-likeness (QED) is 0.796. The molecule has 1 amide bonds.